The van der Waals surface area contributed by atoms with Crippen molar-refractivity contribution in [1.82, 2.24) is 15.2 Å². The lowest BCUT2D eigenvalue weighted by molar-refractivity contribution is 0.0383. The van der Waals surface area contributed by atoms with Crippen LogP contribution in [0.4, 0.5) is 5.82 Å². The number of aromatic nitrogens is 1. The highest BCUT2D eigenvalue weighted by molar-refractivity contribution is 5.94. The molecule has 3 rings (SSSR count). The number of hydrogen-bond acceptors (Lipinski definition) is 5. The van der Waals surface area contributed by atoms with Crippen molar-refractivity contribution in [2.75, 3.05) is 50.8 Å². The molecule has 6 heteroatoms. The van der Waals surface area contributed by atoms with Crippen LogP contribution in [-0.2, 0) is 11.3 Å². The number of pyridine rings is 1. The first kappa shape index (κ1) is 19.3. The molecule has 27 heavy (non-hydrogen) atoms. The van der Waals surface area contributed by atoms with E-state index in [4.69, 9.17) is 4.74 Å². The van der Waals surface area contributed by atoms with E-state index < -0.39 is 0 Å². The summed E-state index contributed by atoms with van der Waals surface area (Å²) in [4.78, 5) is 21.4. The minimum absolute atomic E-state index is 0.0531. The number of morpholine rings is 1. The number of hydrogen-bond donors (Lipinski definition) is 1. The van der Waals surface area contributed by atoms with Gasteiger partial charge in [-0.05, 0) is 24.6 Å². The Bertz CT molecular complexity index is 717. The number of nitrogens with one attached hydrogen (secondary N) is 1. The van der Waals surface area contributed by atoms with Crippen molar-refractivity contribution < 1.29 is 9.53 Å². The topological polar surface area (TPSA) is 57.7 Å². The first-order chi connectivity index (χ1) is 13.3. The number of benzene rings is 1. The van der Waals surface area contributed by atoms with E-state index >= 15 is 0 Å². The van der Waals surface area contributed by atoms with Crippen molar-refractivity contribution in [3.63, 3.8) is 0 Å². The van der Waals surface area contributed by atoms with Gasteiger partial charge in [0.25, 0.3) is 5.91 Å². The first-order valence-electron chi connectivity index (χ1n) is 9.59. The van der Waals surface area contributed by atoms with Crippen LogP contribution in [0.15, 0.2) is 48.7 Å². The molecule has 2 heterocycles. The molecule has 1 N–H and O–H groups in total. The predicted molar refractivity (Wildman–Crippen MR) is 107 cm³/mol. The predicted octanol–water partition coefficient (Wildman–Crippen LogP) is 2.17. The Kier molecular flexibility index (Phi) is 7.19. The van der Waals surface area contributed by atoms with Gasteiger partial charge in [0.2, 0.25) is 0 Å². The quantitative estimate of drug-likeness (QED) is 0.774. The Balaban J connectivity index is 1.57. The lowest BCUT2D eigenvalue weighted by Crippen LogP contribution is -2.41. The molecule has 0 saturated carbocycles. The molecule has 0 radical (unpaired) electrons. The lowest BCUT2D eigenvalue weighted by Gasteiger charge is -2.26. The van der Waals surface area contributed by atoms with Gasteiger partial charge in [0, 0.05) is 51.0 Å². The summed E-state index contributed by atoms with van der Waals surface area (Å²) in [5.74, 6) is 0.768. The number of nitrogens with zero attached hydrogens (tertiary/aromatic N) is 3. The van der Waals surface area contributed by atoms with Crippen LogP contribution >= 0.6 is 0 Å². The number of carbonyl (C=O) groups is 1. The molecule has 6 nitrogen and oxygen atoms in total. The molecule has 1 aromatic heterocycles. The fraction of sp³-hybridized carbons (Fsp3) is 0.429. The van der Waals surface area contributed by atoms with E-state index in [1.807, 2.05) is 24.3 Å². The summed E-state index contributed by atoms with van der Waals surface area (Å²) in [5.41, 5.74) is 1.87. The second-order valence-electron chi connectivity index (χ2n) is 6.61. The van der Waals surface area contributed by atoms with E-state index in [-0.39, 0.29) is 5.91 Å². The minimum Gasteiger partial charge on any atom is -0.379 e. The molecule has 1 amide bonds. The second-order valence-corrected chi connectivity index (χ2v) is 6.61. The van der Waals surface area contributed by atoms with Gasteiger partial charge in [-0.3, -0.25) is 9.69 Å². The van der Waals surface area contributed by atoms with Crippen molar-refractivity contribution in [2.24, 2.45) is 0 Å². The van der Waals surface area contributed by atoms with E-state index in [1.54, 1.807) is 12.3 Å². The summed E-state index contributed by atoms with van der Waals surface area (Å²) >= 11 is 0. The normalized spacial score (nSPS) is 14.7. The van der Waals surface area contributed by atoms with E-state index in [9.17, 15) is 4.79 Å². The van der Waals surface area contributed by atoms with Gasteiger partial charge >= 0.3 is 0 Å². The Hall–Kier alpha value is -2.44. The summed E-state index contributed by atoms with van der Waals surface area (Å²) in [7, 11) is 0. The van der Waals surface area contributed by atoms with Crippen LogP contribution in [0, 0.1) is 0 Å². The van der Waals surface area contributed by atoms with Crippen molar-refractivity contribution >= 4 is 11.7 Å². The van der Waals surface area contributed by atoms with Crippen LogP contribution in [0.25, 0.3) is 0 Å². The maximum atomic E-state index is 12.5. The number of rotatable bonds is 8. The third kappa shape index (κ3) is 5.77. The van der Waals surface area contributed by atoms with Crippen LogP contribution in [0.1, 0.15) is 22.8 Å². The standard InChI is InChI=1S/C21H28N4O2/c1-2-25(17-18-6-4-3-5-7-18)20-16-19(8-9-22-20)21(26)23-10-11-24-12-14-27-15-13-24/h3-9,16H,2,10-15,17H2,1H3,(H,23,26). The molecule has 0 bridgehead atoms. The average Bonchev–Trinajstić information content (AvgIpc) is 2.73. The van der Waals surface area contributed by atoms with Crippen LogP contribution in [-0.4, -0.2) is 61.7 Å². The molecule has 1 fully saturated rings. The van der Waals surface area contributed by atoms with Crippen LogP contribution in [0.5, 0.6) is 0 Å². The molecule has 2 aromatic rings. The Morgan fingerprint density at radius 1 is 1.22 bits per heavy atom. The summed E-state index contributed by atoms with van der Waals surface area (Å²) in [6, 6.07) is 13.9. The Labute approximate surface area is 161 Å². The highest BCUT2D eigenvalue weighted by atomic mass is 16.5. The molecular formula is C21H28N4O2. The van der Waals surface area contributed by atoms with Gasteiger partial charge in [-0.15, -0.1) is 0 Å². The zero-order valence-corrected chi connectivity index (χ0v) is 15.9. The molecule has 1 saturated heterocycles. The van der Waals surface area contributed by atoms with Gasteiger partial charge in [0.1, 0.15) is 5.82 Å². The van der Waals surface area contributed by atoms with Crippen molar-refractivity contribution in [3.8, 4) is 0 Å². The number of amides is 1. The Morgan fingerprint density at radius 3 is 2.74 bits per heavy atom. The maximum Gasteiger partial charge on any atom is 0.251 e. The number of anilines is 1. The minimum atomic E-state index is -0.0531. The van der Waals surface area contributed by atoms with Gasteiger partial charge in [0.15, 0.2) is 0 Å². The van der Waals surface area contributed by atoms with E-state index in [0.717, 1.165) is 51.8 Å². The van der Waals surface area contributed by atoms with Crippen LogP contribution in [0.2, 0.25) is 0 Å². The fourth-order valence-electron chi connectivity index (χ4n) is 3.15. The second kappa shape index (κ2) is 10.0. The SMILES string of the molecule is CCN(Cc1ccccc1)c1cc(C(=O)NCCN2CCOCC2)ccn1. The smallest absolute Gasteiger partial charge is 0.251 e. The van der Waals surface area contributed by atoms with Crippen molar-refractivity contribution in [3.05, 3.63) is 59.8 Å². The zero-order valence-electron chi connectivity index (χ0n) is 15.9. The molecule has 1 aliphatic heterocycles. The molecule has 0 spiro atoms. The third-order valence-electron chi connectivity index (χ3n) is 4.75. The molecule has 1 aromatic carbocycles. The summed E-state index contributed by atoms with van der Waals surface area (Å²) in [6.45, 7) is 8.59. The first-order valence-corrected chi connectivity index (χ1v) is 9.59. The van der Waals surface area contributed by atoms with Gasteiger partial charge in [-0.1, -0.05) is 30.3 Å². The molecule has 144 valence electrons. The average molecular weight is 368 g/mol. The largest absolute Gasteiger partial charge is 0.379 e. The van der Waals surface area contributed by atoms with E-state index in [1.165, 1.54) is 5.56 Å². The van der Waals surface area contributed by atoms with Crippen molar-refractivity contribution in [2.45, 2.75) is 13.5 Å². The highest BCUT2D eigenvalue weighted by Crippen LogP contribution is 2.16. The van der Waals surface area contributed by atoms with Crippen LogP contribution < -0.4 is 10.2 Å². The maximum absolute atomic E-state index is 12.5. The number of carbonyl (C=O) groups excluding carboxylic acids is 1. The van der Waals surface area contributed by atoms with Gasteiger partial charge in [-0.25, -0.2) is 4.98 Å². The van der Waals surface area contributed by atoms with E-state index in [0.29, 0.717) is 12.1 Å². The molecule has 0 atom stereocenters. The third-order valence-corrected chi connectivity index (χ3v) is 4.75. The monoisotopic (exact) mass is 368 g/mol. The van der Waals surface area contributed by atoms with Crippen molar-refractivity contribution in [1.29, 1.82) is 0 Å². The summed E-state index contributed by atoms with van der Waals surface area (Å²) in [5, 5.41) is 3.01. The molecule has 1 aliphatic rings. The van der Waals surface area contributed by atoms with Gasteiger partial charge < -0.3 is 15.0 Å². The molecule has 0 unspecified atom stereocenters. The lowest BCUT2D eigenvalue weighted by atomic mass is 10.2. The van der Waals surface area contributed by atoms with Gasteiger partial charge in [0.05, 0.1) is 13.2 Å². The number of ether oxygens (including phenoxy) is 1. The van der Waals surface area contributed by atoms with E-state index in [2.05, 4.69) is 39.2 Å². The summed E-state index contributed by atoms with van der Waals surface area (Å²) < 4.78 is 5.34. The molecule has 0 aliphatic carbocycles. The fourth-order valence-corrected chi connectivity index (χ4v) is 3.15. The zero-order chi connectivity index (χ0) is 18.9. The van der Waals surface area contributed by atoms with Gasteiger partial charge in [-0.2, -0.15) is 0 Å². The summed E-state index contributed by atoms with van der Waals surface area (Å²) in [6.07, 6.45) is 1.71. The van der Waals surface area contributed by atoms with Crippen LogP contribution in [0.3, 0.4) is 0 Å². The molecular weight excluding hydrogens is 340 g/mol. The highest BCUT2D eigenvalue weighted by Gasteiger charge is 2.13. The Morgan fingerprint density at radius 2 is 2.00 bits per heavy atom.